The number of fused-ring (bicyclic) bond motifs is 1. The highest BCUT2D eigenvalue weighted by atomic mass is 31.3. The van der Waals surface area contributed by atoms with Crippen molar-refractivity contribution in [2.45, 2.75) is 33.2 Å². The molecule has 0 spiro atoms. The van der Waals surface area contributed by atoms with Crippen LogP contribution < -0.4 is 11.3 Å². The van der Waals surface area contributed by atoms with E-state index in [-0.39, 0.29) is 23.2 Å². The van der Waals surface area contributed by atoms with Gasteiger partial charge in [0.1, 0.15) is 0 Å². The smallest absolute Gasteiger partial charge is 0.369 e. The lowest BCUT2D eigenvalue weighted by atomic mass is 10.1. The van der Waals surface area contributed by atoms with Crippen LogP contribution in [-0.2, 0) is 26.8 Å². The molecule has 0 radical (unpaired) electrons. The fraction of sp³-hybridized carbons (Fsp3) is 0.588. The van der Waals surface area contributed by atoms with Crippen LogP contribution in [0.2, 0.25) is 0 Å². The number of aromatic amines is 1. The van der Waals surface area contributed by atoms with E-state index in [9.17, 15) is 23.4 Å². The number of phosphoric acid groups is 3. The van der Waals surface area contributed by atoms with Crippen LogP contribution in [0.15, 0.2) is 23.3 Å². The maximum atomic E-state index is 11.8. The van der Waals surface area contributed by atoms with Gasteiger partial charge in [0.05, 0.1) is 19.0 Å². The molecule has 2 aromatic heterocycles. The maximum absolute atomic E-state index is 11.8. The molecule has 1 aliphatic rings. The van der Waals surface area contributed by atoms with Gasteiger partial charge in [0.2, 0.25) is 5.95 Å². The second kappa shape index (κ2) is 12.9. The summed E-state index contributed by atoms with van der Waals surface area (Å²) in [5.41, 5.74) is 5.34. The molecular weight excluding hydrogens is 557 g/mol. The zero-order valence-electron chi connectivity index (χ0n) is 20.3. The average Bonchev–Trinajstić information content (AvgIpc) is 3.38. The van der Waals surface area contributed by atoms with Gasteiger partial charge >= 0.3 is 23.5 Å². The summed E-state index contributed by atoms with van der Waals surface area (Å²) in [5, 5.41) is 0. The van der Waals surface area contributed by atoms with Crippen LogP contribution >= 0.6 is 23.5 Å². The Kier molecular flexibility index (Phi) is 11.0. The number of nitrogens with one attached hydrogen (secondary N) is 1. The second-order valence-corrected chi connectivity index (χ2v) is 12.1. The summed E-state index contributed by atoms with van der Waals surface area (Å²) in [4.78, 5) is 60.2. The van der Waals surface area contributed by atoms with E-state index >= 15 is 0 Å². The van der Waals surface area contributed by atoms with Gasteiger partial charge in [-0.2, -0.15) is 13.6 Å². The molecule has 2 heterocycles. The number of anilines is 1. The Hall–Kier alpha value is -1.74. The molecule has 3 rings (SSSR count). The molecule has 2 unspecified atom stereocenters. The minimum Gasteiger partial charge on any atom is -0.369 e. The molecule has 20 heteroatoms. The fourth-order valence-corrected chi connectivity index (χ4v) is 6.51. The summed E-state index contributed by atoms with van der Waals surface area (Å²) < 4.78 is 47.2. The Morgan fingerprint density at radius 2 is 1.70 bits per heavy atom. The summed E-state index contributed by atoms with van der Waals surface area (Å²) in [6.45, 7) is 9.68. The molecule has 210 valence electrons. The number of nitrogen functional groups attached to an aromatic ring is 1. The standard InChI is InChI=1S/C11H16N5O11P3.C6H15N/c12-11-14-9-8(10(17)15-11)13-5-16(9)7-2-1-6(3-7)4-25-29(21,22)27-30(23,24)26-28(18,19)20;1-4-7(5-2)6-3/h1-2,5-7H,3-4H2,(H,21,22)(H,23,24)(H2,18,19,20)(H3,12,14,15,17);4-6H2,1-3H3/t6-,7+;/m0./s1. The van der Waals surface area contributed by atoms with E-state index in [1.807, 2.05) is 0 Å². The maximum Gasteiger partial charge on any atom is 0.490 e. The summed E-state index contributed by atoms with van der Waals surface area (Å²) >= 11 is 0. The lowest BCUT2D eigenvalue weighted by molar-refractivity contribution is 0.159. The van der Waals surface area contributed by atoms with E-state index < -0.39 is 41.6 Å². The SMILES string of the molecule is CCN(CC)CC.Nc1nc2c(ncn2[C@@H]2C=C[C@H](COP(=O)(O)OP(=O)(O)OP(=O)(O)O)C2)c(=O)[nH]1. The first-order valence-electron chi connectivity index (χ1n) is 11.0. The number of rotatable bonds is 11. The van der Waals surface area contributed by atoms with Crippen molar-refractivity contribution in [3.8, 4) is 0 Å². The Morgan fingerprint density at radius 1 is 1.08 bits per heavy atom. The van der Waals surface area contributed by atoms with Crippen molar-refractivity contribution in [2.75, 3.05) is 32.0 Å². The number of hydrogen-bond donors (Lipinski definition) is 6. The number of aromatic nitrogens is 4. The van der Waals surface area contributed by atoms with Gasteiger partial charge in [0, 0.05) is 5.92 Å². The van der Waals surface area contributed by atoms with Crippen molar-refractivity contribution in [3.63, 3.8) is 0 Å². The topological polar surface area (TPSA) is 253 Å². The van der Waals surface area contributed by atoms with E-state index in [4.69, 9.17) is 20.4 Å². The first-order valence-corrected chi connectivity index (χ1v) is 15.5. The highest BCUT2D eigenvalue weighted by Gasteiger charge is 2.41. The average molecular weight is 588 g/mol. The van der Waals surface area contributed by atoms with Crippen LogP contribution in [0.1, 0.15) is 33.2 Å². The first kappa shape index (κ1) is 31.5. The predicted octanol–water partition coefficient (Wildman–Crippen LogP) is 1.51. The van der Waals surface area contributed by atoms with Crippen molar-refractivity contribution in [2.24, 2.45) is 5.92 Å². The minimum absolute atomic E-state index is 0.0781. The number of allylic oxidation sites excluding steroid dienone is 1. The largest absolute Gasteiger partial charge is 0.490 e. The number of nitrogens with two attached hydrogens (primary N) is 1. The van der Waals surface area contributed by atoms with Crippen molar-refractivity contribution >= 4 is 40.6 Å². The summed E-state index contributed by atoms with van der Waals surface area (Å²) in [7, 11) is -16.2. The number of phosphoric ester groups is 1. The van der Waals surface area contributed by atoms with E-state index in [2.05, 4.69) is 53.8 Å². The van der Waals surface area contributed by atoms with Gasteiger partial charge in [-0.1, -0.05) is 32.9 Å². The number of hydrogen-bond acceptors (Lipinski definition) is 11. The van der Waals surface area contributed by atoms with Gasteiger partial charge in [-0.15, -0.1) is 0 Å². The van der Waals surface area contributed by atoms with Crippen molar-refractivity contribution in [1.29, 1.82) is 0 Å². The molecule has 4 atom stereocenters. The van der Waals surface area contributed by atoms with Crippen LogP contribution in [0.4, 0.5) is 5.95 Å². The van der Waals surface area contributed by atoms with Gasteiger partial charge in [-0.25, -0.2) is 18.7 Å². The molecule has 0 saturated carbocycles. The Balaban J connectivity index is 0.000000604. The molecule has 17 nitrogen and oxygen atoms in total. The van der Waals surface area contributed by atoms with E-state index in [0.29, 0.717) is 6.42 Å². The molecule has 0 saturated heterocycles. The van der Waals surface area contributed by atoms with E-state index in [1.165, 1.54) is 26.0 Å². The molecule has 7 N–H and O–H groups in total. The fourth-order valence-electron chi connectivity index (χ4n) is 3.43. The lowest BCUT2D eigenvalue weighted by Crippen LogP contribution is -2.21. The Bertz CT molecular complexity index is 1280. The van der Waals surface area contributed by atoms with Gasteiger partial charge in [-0.05, 0) is 26.1 Å². The van der Waals surface area contributed by atoms with Crippen molar-refractivity contribution < 1.29 is 46.4 Å². The van der Waals surface area contributed by atoms with Crippen LogP contribution in [0.5, 0.6) is 0 Å². The van der Waals surface area contributed by atoms with Crippen LogP contribution in [-0.4, -0.2) is 70.2 Å². The molecule has 0 fully saturated rings. The third kappa shape index (κ3) is 9.82. The summed E-state index contributed by atoms with van der Waals surface area (Å²) in [5.74, 6) is -0.558. The molecule has 0 amide bonds. The highest BCUT2D eigenvalue weighted by Crippen LogP contribution is 2.66. The van der Waals surface area contributed by atoms with Crippen LogP contribution in [0.3, 0.4) is 0 Å². The zero-order chi connectivity index (χ0) is 28.0. The first-order chi connectivity index (χ1) is 17.1. The minimum atomic E-state index is -5.57. The van der Waals surface area contributed by atoms with Crippen molar-refractivity contribution in [1.82, 2.24) is 24.4 Å². The quantitative estimate of drug-likeness (QED) is 0.161. The molecule has 0 aliphatic heterocycles. The predicted molar refractivity (Wildman–Crippen MR) is 132 cm³/mol. The highest BCUT2D eigenvalue weighted by molar-refractivity contribution is 7.66. The molecule has 37 heavy (non-hydrogen) atoms. The summed E-state index contributed by atoms with van der Waals surface area (Å²) in [6, 6.07) is -0.349. The molecule has 2 aromatic rings. The number of imidazole rings is 1. The Morgan fingerprint density at radius 3 is 2.24 bits per heavy atom. The van der Waals surface area contributed by atoms with Gasteiger partial charge in [0.25, 0.3) is 5.56 Å². The van der Waals surface area contributed by atoms with Crippen LogP contribution in [0.25, 0.3) is 11.2 Å². The summed E-state index contributed by atoms with van der Waals surface area (Å²) in [6.07, 6.45) is 5.02. The normalized spacial score (nSPS) is 21.0. The number of H-pyrrole nitrogens is 1. The molecular formula is C17H31N6O11P3. The lowest BCUT2D eigenvalue weighted by Gasteiger charge is -2.18. The molecule has 1 aliphatic carbocycles. The molecule has 0 aromatic carbocycles. The Labute approximate surface area is 211 Å². The van der Waals surface area contributed by atoms with E-state index in [1.54, 1.807) is 16.7 Å². The van der Waals surface area contributed by atoms with Crippen molar-refractivity contribution in [3.05, 3.63) is 28.8 Å². The van der Waals surface area contributed by atoms with Gasteiger partial charge < -0.3 is 34.8 Å². The zero-order valence-corrected chi connectivity index (χ0v) is 23.0. The molecule has 0 bridgehead atoms. The van der Waals surface area contributed by atoms with Crippen LogP contribution in [0, 0.1) is 5.92 Å². The third-order valence-electron chi connectivity index (χ3n) is 5.17. The number of nitrogens with zero attached hydrogens (tertiary/aromatic N) is 4. The van der Waals surface area contributed by atoms with E-state index in [0.717, 1.165) is 0 Å². The van der Waals surface area contributed by atoms with Gasteiger partial charge in [0.15, 0.2) is 11.2 Å². The second-order valence-electron chi connectivity index (χ2n) is 7.73. The van der Waals surface area contributed by atoms with Gasteiger partial charge in [-0.3, -0.25) is 14.3 Å². The monoisotopic (exact) mass is 588 g/mol. The third-order valence-corrected chi connectivity index (χ3v) is 8.97.